The Morgan fingerprint density at radius 2 is 2.05 bits per heavy atom. The quantitative estimate of drug-likeness (QED) is 0.711. The molecule has 5 heteroatoms. The third kappa shape index (κ3) is 4.06. The Balaban J connectivity index is 2.92. The minimum Gasteiger partial charge on any atom is -0.466 e. The van der Waals surface area contributed by atoms with Crippen molar-refractivity contribution in [1.82, 2.24) is 9.78 Å². The molecule has 1 unspecified atom stereocenters. The van der Waals surface area contributed by atoms with Crippen LogP contribution in [0.4, 0.5) is 0 Å². The van der Waals surface area contributed by atoms with Gasteiger partial charge in [-0.2, -0.15) is 5.10 Å². The van der Waals surface area contributed by atoms with Gasteiger partial charge in [0.2, 0.25) is 0 Å². The standard InChI is InChI=1S/C16H29N3O2/c1-5-14(6-2)19-10-9-13(18-19)11-16(7-3,12-17)15(20)21-8-4/h9-10,14H,5-8,11-12,17H2,1-4H3. The van der Waals surface area contributed by atoms with E-state index in [4.69, 9.17) is 10.5 Å². The molecule has 0 radical (unpaired) electrons. The fraction of sp³-hybridized carbons (Fsp3) is 0.750. The lowest BCUT2D eigenvalue weighted by Gasteiger charge is -2.28. The van der Waals surface area contributed by atoms with Gasteiger partial charge in [-0.25, -0.2) is 0 Å². The lowest BCUT2D eigenvalue weighted by molar-refractivity contribution is -0.155. The molecule has 0 aliphatic rings. The second kappa shape index (κ2) is 8.17. The molecule has 0 amide bonds. The molecule has 0 saturated heterocycles. The summed E-state index contributed by atoms with van der Waals surface area (Å²) in [5.41, 5.74) is 6.12. The largest absolute Gasteiger partial charge is 0.466 e. The first kappa shape index (κ1) is 17.7. The number of ether oxygens (including phenoxy) is 1. The van der Waals surface area contributed by atoms with Crippen LogP contribution in [-0.4, -0.2) is 28.9 Å². The Labute approximate surface area is 127 Å². The molecule has 0 aliphatic carbocycles. The number of nitrogens with two attached hydrogens (primary N) is 1. The van der Waals surface area contributed by atoms with E-state index in [9.17, 15) is 4.79 Å². The zero-order valence-electron chi connectivity index (χ0n) is 13.8. The van der Waals surface area contributed by atoms with Gasteiger partial charge in [-0.15, -0.1) is 0 Å². The molecule has 0 saturated carbocycles. The molecule has 1 atom stereocenters. The third-order valence-electron chi connectivity index (χ3n) is 4.28. The third-order valence-corrected chi connectivity index (χ3v) is 4.28. The molecule has 1 aromatic rings. The van der Waals surface area contributed by atoms with E-state index in [-0.39, 0.29) is 12.5 Å². The van der Waals surface area contributed by atoms with Crippen molar-refractivity contribution < 1.29 is 9.53 Å². The van der Waals surface area contributed by atoms with Crippen LogP contribution in [0.1, 0.15) is 58.7 Å². The highest BCUT2D eigenvalue weighted by molar-refractivity contribution is 5.77. The highest BCUT2D eigenvalue weighted by Gasteiger charge is 2.37. The summed E-state index contributed by atoms with van der Waals surface area (Å²) in [5.74, 6) is -0.216. The molecule has 0 aromatic carbocycles. The minimum atomic E-state index is -0.664. The molecule has 0 spiro atoms. The zero-order valence-corrected chi connectivity index (χ0v) is 13.8. The normalized spacial score (nSPS) is 14.2. The van der Waals surface area contributed by atoms with E-state index in [0.717, 1.165) is 18.5 Å². The topological polar surface area (TPSA) is 70.1 Å². The van der Waals surface area contributed by atoms with Crippen molar-refractivity contribution in [3.63, 3.8) is 0 Å². The van der Waals surface area contributed by atoms with Crippen molar-refractivity contribution in [2.45, 2.75) is 59.4 Å². The number of hydrogen-bond acceptors (Lipinski definition) is 4. The van der Waals surface area contributed by atoms with Crippen molar-refractivity contribution in [3.8, 4) is 0 Å². The molecular formula is C16H29N3O2. The molecular weight excluding hydrogens is 266 g/mol. The molecule has 1 heterocycles. The van der Waals surface area contributed by atoms with Gasteiger partial charge >= 0.3 is 5.97 Å². The summed E-state index contributed by atoms with van der Waals surface area (Å²) >= 11 is 0. The van der Waals surface area contributed by atoms with Gasteiger partial charge in [0.1, 0.15) is 0 Å². The summed E-state index contributed by atoms with van der Waals surface area (Å²) in [5, 5.41) is 4.63. The predicted octanol–water partition coefficient (Wildman–Crippen LogP) is 2.70. The Morgan fingerprint density at radius 3 is 2.52 bits per heavy atom. The predicted molar refractivity (Wildman–Crippen MR) is 84.0 cm³/mol. The van der Waals surface area contributed by atoms with E-state index in [2.05, 4.69) is 18.9 Å². The SMILES string of the molecule is CCOC(=O)C(CC)(CN)Cc1ccn(C(CC)CC)n1. The number of carbonyl (C=O) groups is 1. The van der Waals surface area contributed by atoms with Crippen LogP contribution in [0.15, 0.2) is 12.3 Å². The van der Waals surface area contributed by atoms with Crippen LogP contribution in [0.25, 0.3) is 0 Å². The molecule has 1 rings (SSSR count). The molecule has 0 fully saturated rings. The Bertz CT molecular complexity index is 434. The van der Waals surface area contributed by atoms with E-state index >= 15 is 0 Å². The first-order valence-corrected chi connectivity index (χ1v) is 7.98. The van der Waals surface area contributed by atoms with Gasteiger partial charge < -0.3 is 10.5 Å². The first-order valence-electron chi connectivity index (χ1n) is 7.98. The van der Waals surface area contributed by atoms with Crippen molar-refractivity contribution >= 4 is 5.97 Å². The van der Waals surface area contributed by atoms with E-state index in [0.29, 0.717) is 25.5 Å². The molecule has 0 bridgehead atoms. The zero-order chi connectivity index (χ0) is 15.9. The van der Waals surface area contributed by atoms with Crippen LogP contribution in [0, 0.1) is 5.41 Å². The lowest BCUT2D eigenvalue weighted by Crippen LogP contribution is -2.41. The number of carbonyl (C=O) groups excluding carboxylic acids is 1. The first-order chi connectivity index (χ1) is 10.1. The van der Waals surface area contributed by atoms with Gasteiger partial charge in [0.15, 0.2) is 0 Å². The number of esters is 1. The summed E-state index contributed by atoms with van der Waals surface area (Å²) in [7, 11) is 0. The van der Waals surface area contributed by atoms with Crippen molar-refractivity contribution in [2.75, 3.05) is 13.2 Å². The molecule has 21 heavy (non-hydrogen) atoms. The maximum absolute atomic E-state index is 12.2. The van der Waals surface area contributed by atoms with E-state index in [1.165, 1.54) is 0 Å². The van der Waals surface area contributed by atoms with Crippen molar-refractivity contribution in [1.29, 1.82) is 0 Å². The van der Waals surface area contributed by atoms with Gasteiger partial charge in [-0.1, -0.05) is 20.8 Å². The van der Waals surface area contributed by atoms with Gasteiger partial charge in [-0.3, -0.25) is 9.48 Å². The van der Waals surface area contributed by atoms with Gasteiger partial charge in [-0.05, 0) is 32.3 Å². The van der Waals surface area contributed by atoms with Crippen LogP contribution >= 0.6 is 0 Å². The molecule has 1 aromatic heterocycles. The molecule has 120 valence electrons. The van der Waals surface area contributed by atoms with E-state index < -0.39 is 5.41 Å². The minimum absolute atomic E-state index is 0.216. The highest BCUT2D eigenvalue weighted by Crippen LogP contribution is 2.28. The fourth-order valence-electron chi connectivity index (χ4n) is 2.61. The summed E-state index contributed by atoms with van der Waals surface area (Å²) in [6.45, 7) is 8.76. The average molecular weight is 295 g/mol. The van der Waals surface area contributed by atoms with Crippen LogP contribution in [0.2, 0.25) is 0 Å². The Hall–Kier alpha value is -1.36. The smallest absolute Gasteiger partial charge is 0.313 e. The summed E-state index contributed by atoms with van der Waals surface area (Å²) in [6, 6.07) is 2.40. The Morgan fingerprint density at radius 1 is 1.38 bits per heavy atom. The average Bonchev–Trinajstić information content (AvgIpc) is 2.94. The maximum atomic E-state index is 12.2. The second-order valence-electron chi connectivity index (χ2n) is 5.49. The second-order valence-corrected chi connectivity index (χ2v) is 5.49. The van der Waals surface area contributed by atoms with Crippen LogP contribution in [0.5, 0.6) is 0 Å². The highest BCUT2D eigenvalue weighted by atomic mass is 16.5. The van der Waals surface area contributed by atoms with Gasteiger partial charge in [0, 0.05) is 19.2 Å². The van der Waals surface area contributed by atoms with Crippen LogP contribution < -0.4 is 5.73 Å². The van der Waals surface area contributed by atoms with Crippen molar-refractivity contribution in [2.24, 2.45) is 11.1 Å². The van der Waals surface area contributed by atoms with Gasteiger partial charge in [0.25, 0.3) is 0 Å². The number of aromatic nitrogens is 2. The maximum Gasteiger partial charge on any atom is 0.313 e. The van der Waals surface area contributed by atoms with Crippen LogP contribution in [-0.2, 0) is 16.0 Å². The number of rotatable bonds is 9. The lowest BCUT2D eigenvalue weighted by atomic mass is 9.80. The van der Waals surface area contributed by atoms with Gasteiger partial charge in [0.05, 0.1) is 23.8 Å². The Kier molecular flexibility index (Phi) is 6.89. The van der Waals surface area contributed by atoms with E-state index in [1.54, 1.807) is 0 Å². The molecule has 2 N–H and O–H groups in total. The monoisotopic (exact) mass is 295 g/mol. The fourth-order valence-corrected chi connectivity index (χ4v) is 2.61. The van der Waals surface area contributed by atoms with Crippen molar-refractivity contribution in [3.05, 3.63) is 18.0 Å². The van der Waals surface area contributed by atoms with Crippen LogP contribution in [0.3, 0.4) is 0 Å². The number of hydrogen-bond donors (Lipinski definition) is 1. The summed E-state index contributed by atoms with van der Waals surface area (Å²) in [6.07, 6.45) is 5.28. The van der Waals surface area contributed by atoms with E-state index in [1.807, 2.05) is 30.8 Å². The number of nitrogens with zero attached hydrogens (tertiary/aromatic N) is 2. The summed E-state index contributed by atoms with van der Waals surface area (Å²) < 4.78 is 7.20. The molecule has 5 nitrogen and oxygen atoms in total. The summed E-state index contributed by atoms with van der Waals surface area (Å²) in [4.78, 5) is 12.2. The molecule has 0 aliphatic heterocycles.